The first-order valence-corrected chi connectivity index (χ1v) is 9.98. The van der Waals surface area contributed by atoms with Gasteiger partial charge in [0.05, 0.1) is 11.0 Å². The molecule has 1 aromatic carbocycles. The lowest BCUT2D eigenvalue weighted by Gasteiger charge is -2.34. The molecule has 0 aliphatic carbocycles. The number of rotatable bonds is 5. The van der Waals surface area contributed by atoms with Gasteiger partial charge in [0, 0.05) is 38.2 Å². The fourth-order valence-electron chi connectivity index (χ4n) is 3.85. The number of hydrogen-bond donors (Lipinski definition) is 0. The van der Waals surface area contributed by atoms with Crippen molar-refractivity contribution >= 4 is 17.5 Å². The number of non-ortho nitro benzene ring substituents is 1. The molecule has 0 bridgehead atoms. The first kappa shape index (κ1) is 20.1. The molecule has 0 atom stereocenters. The Morgan fingerprint density at radius 3 is 2.36 bits per heavy atom. The second kappa shape index (κ2) is 9.52. The molecule has 3 rings (SSSR count). The highest BCUT2D eigenvalue weighted by molar-refractivity contribution is 5.80. The fourth-order valence-corrected chi connectivity index (χ4v) is 3.85. The third-order valence-electron chi connectivity index (χ3n) is 5.51. The largest absolute Gasteiger partial charge is 0.484 e. The van der Waals surface area contributed by atoms with Crippen LogP contribution in [0.25, 0.3) is 0 Å². The maximum absolute atomic E-state index is 12.7. The molecular weight excluding hydrogens is 362 g/mol. The highest BCUT2D eigenvalue weighted by atomic mass is 16.6. The van der Waals surface area contributed by atoms with Gasteiger partial charge >= 0.3 is 0 Å². The summed E-state index contributed by atoms with van der Waals surface area (Å²) in [6.45, 7) is 2.64. The Labute approximate surface area is 164 Å². The molecule has 0 radical (unpaired) electrons. The second-order valence-corrected chi connectivity index (χ2v) is 7.44. The highest BCUT2D eigenvalue weighted by Gasteiger charge is 2.30. The fraction of sp³-hybridized carbons (Fsp3) is 0.600. The van der Waals surface area contributed by atoms with E-state index in [1.165, 1.54) is 31.0 Å². The number of carbonyl (C=O) groups excluding carboxylic acids is 2. The molecule has 2 amide bonds. The first-order valence-electron chi connectivity index (χ1n) is 9.98. The van der Waals surface area contributed by atoms with Crippen molar-refractivity contribution in [2.75, 3.05) is 32.8 Å². The van der Waals surface area contributed by atoms with Crippen LogP contribution in [0.4, 0.5) is 5.69 Å². The lowest BCUT2D eigenvalue weighted by molar-refractivity contribution is -0.384. The van der Waals surface area contributed by atoms with E-state index < -0.39 is 4.92 Å². The standard InChI is InChI=1S/C20H27N3O5/c24-19(15-28-18-7-5-6-17(14-18)23(26)27)21-12-8-16(9-13-21)20(25)22-10-3-1-2-4-11-22/h5-7,14,16H,1-4,8-13,15H2. The Morgan fingerprint density at radius 2 is 1.71 bits per heavy atom. The van der Waals surface area contributed by atoms with Gasteiger partial charge in [-0.25, -0.2) is 0 Å². The van der Waals surface area contributed by atoms with Gasteiger partial charge in [0.15, 0.2) is 6.61 Å². The molecule has 2 saturated heterocycles. The molecule has 8 heteroatoms. The smallest absolute Gasteiger partial charge is 0.273 e. The molecule has 0 aromatic heterocycles. The van der Waals surface area contributed by atoms with Crippen molar-refractivity contribution in [3.8, 4) is 5.75 Å². The summed E-state index contributed by atoms with van der Waals surface area (Å²) >= 11 is 0. The van der Waals surface area contributed by atoms with E-state index in [0.717, 1.165) is 25.9 Å². The minimum absolute atomic E-state index is 0.000147. The van der Waals surface area contributed by atoms with Gasteiger partial charge in [0.1, 0.15) is 5.75 Å². The summed E-state index contributed by atoms with van der Waals surface area (Å²) < 4.78 is 5.42. The maximum atomic E-state index is 12.7. The van der Waals surface area contributed by atoms with Gasteiger partial charge < -0.3 is 14.5 Å². The van der Waals surface area contributed by atoms with Crippen LogP contribution in [0.15, 0.2) is 24.3 Å². The molecule has 28 heavy (non-hydrogen) atoms. The quantitative estimate of drug-likeness (QED) is 0.570. The summed E-state index contributed by atoms with van der Waals surface area (Å²) in [6, 6.07) is 5.80. The van der Waals surface area contributed by atoms with E-state index in [9.17, 15) is 19.7 Å². The van der Waals surface area contributed by atoms with Crippen LogP contribution >= 0.6 is 0 Å². The Bertz CT molecular complexity index is 708. The number of piperidine rings is 1. The van der Waals surface area contributed by atoms with Crippen molar-refractivity contribution in [2.24, 2.45) is 5.92 Å². The van der Waals surface area contributed by atoms with E-state index in [2.05, 4.69) is 0 Å². The van der Waals surface area contributed by atoms with E-state index in [-0.39, 0.29) is 30.0 Å². The molecule has 2 heterocycles. The maximum Gasteiger partial charge on any atom is 0.273 e. The van der Waals surface area contributed by atoms with Crippen molar-refractivity contribution in [3.05, 3.63) is 34.4 Å². The third-order valence-corrected chi connectivity index (χ3v) is 5.51. The summed E-state index contributed by atoms with van der Waals surface area (Å²) in [6.07, 6.45) is 5.91. The van der Waals surface area contributed by atoms with E-state index in [4.69, 9.17) is 4.74 Å². The van der Waals surface area contributed by atoms with Gasteiger partial charge in [-0.05, 0) is 31.7 Å². The van der Waals surface area contributed by atoms with Gasteiger partial charge in [-0.1, -0.05) is 18.9 Å². The number of nitrogens with zero attached hydrogens (tertiary/aromatic N) is 3. The second-order valence-electron chi connectivity index (χ2n) is 7.44. The average Bonchev–Trinajstić information content (AvgIpc) is 3.01. The van der Waals surface area contributed by atoms with E-state index in [1.807, 2.05) is 4.90 Å². The lowest BCUT2D eigenvalue weighted by Crippen LogP contribution is -2.45. The van der Waals surface area contributed by atoms with Crippen molar-refractivity contribution in [1.82, 2.24) is 9.80 Å². The number of ether oxygens (including phenoxy) is 1. The summed E-state index contributed by atoms with van der Waals surface area (Å²) in [5.41, 5.74) is -0.0715. The molecule has 0 N–H and O–H groups in total. The van der Waals surface area contributed by atoms with Crippen molar-refractivity contribution < 1.29 is 19.2 Å². The molecule has 2 aliphatic rings. The zero-order valence-electron chi connectivity index (χ0n) is 16.0. The number of hydrogen-bond acceptors (Lipinski definition) is 5. The highest BCUT2D eigenvalue weighted by Crippen LogP contribution is 2.23. The zero-order chi connectivity index (χ0) is 19.9. The minimum Gasteiger partial charge on any atom is -0.484 e. The predicted molar refractivity (Wildman–Crippen MR) is 103 cm³/mol. The van der Waals surface area contributed by atoms with E-state index in [1.54, 1.807) is 11.0 Å². The van der Waals surface area contributed by atoms with Crippen LogP contribution in [-0.2, 0) is 9.59 Å². The van der Waals surface area contributed by atoms with Gasteiger partial charge in [-0.15, -0.1) is 0 Å². The molecular formula is C20H27N3O5. The number of nitro groups is 1. The third kappa shape index (κ3) is 5.21. The van der Waals surface area contributed by atoms with Gasteiger partial charge in [-0.3, -0.25) is 19.7 Å². The van der Waals surface area contributed by atoms with Crippen LogP contribution in [0.5, 0.6) is 5.75 Å². The van der Waals surface area contributed by atoms with Crippen LogP contribution in [0.3, 0.4) is 0 Å². The molecule has 2 fully saturated rings. The minimum atomic E-state index is -0.499. The molecule has 0 saturated carbocycles. The van der Waals surface area contributed by atoms with Crippen molar-refractivity contribution in [2.45, 2.75) is 38.5 Å². The van der Waals surface area contributed by atoms with E-state index >= 15 is 0 Å². The Morgan fingerprint density at radius 1 is 1.04 bits per heavy atom. The van der Waals surface area contributed by atoms with Crippen LogP contribution in [0.1, 0.15) is 38.5 Å². The van der Waals surface area contributed by atoms with Crippen LogP contribution < -0.4 is 4.74 Å². The predicted octanol–water partition coefficient (Wildman–Crippen LogP) is 2.61. The molecule has 0 spiro atoms. The topological polar surface area (TPSA) is 93.0 Å². The monoisotopic (exact) mass is 389 g/mol. The van der Waals surface area contributed by atoms with Crippen LogP contribution in [0.2, 0.25) is 0 Å². The molecule has 152 valence electrons. The Hall–Kier alpha value is -2.64. The normalized spacial score (nSPS) is 18.4. The number of likely N-dealkylation sites (tertiary alicyclic amines) is 2. The first-order chi connectivity index (χ1) is 13.5. The molecule has 2 aliphatic heterocycles. The van der Waals surface area contributed by atoms with E-state index in [0.29, 0.717) is 31.7 Å². The van der Waals surface area contributed by atoms with Crippen LogP contribution in [-0.4, -0.2) is 59.3 Å². The average molecular weight is 389 g/mol. The summed E-state index contributed by atoms with van der Waals surface area (Å²) in [5.74, 6) is 0.377. The number of amides is 2. The Kier molecular flexibility index (Phi) is 6.84. The van der Waals surface area contributed by atoms with Gasteiger partial charge in [0.2, 0.25) is 5.91 Å². The Balaban J connectivity index is 1.45. The van der Waals surface area contributed by atoms with Gasteiger partial charge in [0.25, 0.3) is 11.6 Å². The number of benzene rings is 1. The summed E-state index contributed by atoms with van der Waals surface area (Å²) in [4.78, 5) is 39.1. The molecule has 8 nitrogen and oxygen atoms in total. The van der Waals surface area contributed by atoms with Crippen molar-refractivity contribution in [1.29, 1.82) is 0 Å². The zero-order valence-corrected chi connectivity index (χ0v) is 16.0. The number of carbonyl (C=O) groups is 2. The van der Waals surface area contributed by atoms with Gasteiger partial charge in [-0.2, -0.15) is 0 Å². The molecule has 1 aromatic rings. The summed E-state index contributed by atoms with van der Waals surface area (Å²) in [7, 11) is 0. The SMILES string of the molecule is O=C(COc1cccc([N+](=O)[O-])c1)N1CCC(C(=O)N2CCCCCC2)CC1. The molecule has 0 unspecified atom stereocenters. The van der Waals surface area contributed by atoms with Crippen molar-refractivity contribution in [3.63, 3.8) is 0 Å². The number of nitro benzene ring substituents is 1. The van der Waals surface area contributed by atoms with Crippen LogP contribution in [0, 0.1) is 16.0 Å². The lowest BCUT2D eigenvalue weighted by atomic mass is 9.95. The summed E-state index contributed by atoms with van der Waals surface area (Å²) in [5, 5.41) is 10.8.